The van der Waals surface area contributed by atoms with Gasteiger partial charge in [-0.25, -0.2) is 4.98 Å². The number of aromatic nitrogens is 2. The van der Waals surface area contributed by atoms with Gasteiger partial charge in [-0.3, -0.25) is 9.59 Å². The number of anilines is 5. The number of para-hydroxylation sites is 1. The number of benzene rings is 3. The van der Waals surface area contributed by atoms with Crippen molar-refractivity contribution in [1.29, 1.82) is 0 Å². The molecule has 1 amide bonds. The Labute approximate surface area is 232 Å². The van der Waals surface area contributed by atoms with Gasteiger partial charge in [0.25, 0.3) is 5.91 Å². The summed E-state index contributed by atoms with van der Waals surface area (Å²) in [5.74, 6) is 1.39. The molecule has 1 aromatic heterocycles. The van der Waals surface area contributed by atoms with Crippen molar-refractivity contribution in [3.63, 3.8) is 0 Å². The van der Waals surface area contributed by atoms with Crippen LogP contribution in [0.2, 0.25) is 5.02 Å². The quantitative estimate of drug-likeness (QED) is 0.242. The average molecular weight is 570 g/mol. The first-order valence-electron chi connectivity index (χ1n) is 12.0. The van der Waals surface area contributed by atoms with Gasteiger partial charge in [-0.1, -0.05) is 41.9 Å². The van der Waals surface area contributed by atoms with E-state index in [1.165, 1.54) is 0 Å². The highest BCUT2D eigenvalue weighted by Crippen LogP contribution is 2.30. The number of alkyl halides is 3. The third-order valence-corrected chi connectivity index (χ3v) is 5.76. The van der Waals surface area contributed by atoms with Crippen molar-refractivity contribution in [3.05, 3.63) is 95.1 Å². The van der Waals surface area contributed by atoms with E-state index in [9.17, 15) is 18.0 Å². The summed E-state index contributed by atoms with van der Waals surface area (Å²) >= 11 is 6.33. The number of hydrogen-bond donors (Lipinski definition) is 3. The number of nitrogens with zero attached hydrogens (tertiary/aromatic N) is 2. The van der Waals surface area contributed by atoms with Crippen LogP contribution in [0.15, 0.2) is 79.0 Å². The van der Waals surface area contributed by atoms with E-state index in [0.717, 1.165) is 41.0 Å². The summed E-state index contributed by atoms with van der Waals surface area (Å²) < 4.78 is 37.2. The van der Waals surface area contributed by atoms with E-state index in [4.69, 9.17) is 21.1 Å². The van der Waals surface area contributed by atoms with Crippen LogP contribution >= 0.6 is 11.6 Å². The molecule has 1 aliphatic heterocycles. The fourth-order valence-corrected chi connectivity index (χ4v) is 3.86. The standard InChI is InChI=1S/C26H22ClN5O2.C2HF3O/c27-22-15-28-26-31-20-8-4-5-17(13-20)9-10-18-14-21(30-25(22)32-26)11-12-23(18)34-16-24(33)29-19-6-2-1-3-7-19;3-2(4,5)1-6/h1-8,11-15H,9-10,16H2,(H,29,33)(H2,28,30,31,32);1H. The predicted molar refractivity (Wildman–Crippen MR) is 147 cm³/mol. The lowest BCUT2D eigenvalue weighted by Crippen LogP contribution is -2.20. The molecule has 0 saturated heterocycles. The van der Waals surface area contributed by atoms with Gasteiger partial charge in [0.15, 0.2) is 12.4 Å². The second-order valence-electron chi connectivity index (χ2n) is 8.53. The van der Waals surface area contributed by atoms with Crippen LogP contribution in [0, 0.1) is 0 Å². The Kier molecular flexibility index (Phi) is 9.18. The molecule has 0 radical (unpaired) electrons. The molecule has 206 valence electrons. The Bertz CT molecular complexity index is 1490. The molecule has 4 aromatic rings. The molecule has 2 heterocycles. The van der Waals surface area contributed by atoms with Gasteiger partial charge in [0.05, 0.1) is 6.20 Å². The lowest BCUT2D eigenvalue weighted by atomic mass is 10.0. The van der Waals surface area contributed by atoms with Crippen LogP contribution < -0.4 is 20.7 Å². The molecule has 6 bridgehead atoms. The number of halogens is 4. The summed E-state index contributed by atoms with van der Waals surface area (Å²) in [6.07, 6.45) is -2.62. The van der Waals surface area contributed by atoms with Crippen molar-refractivity contribution in [2.45, 2.75) is 19.0 Å². The zero-order valence-electron chi connectivity index (χ0n) is 20.8. The Morgan fingerprint density at radius 3 is 2.50 bits per heavy atom. The zero-order chi connectivity index (χ0) is 28.5. The third kappa shape index (κ3) is 8.43. The van der Waals surface area contributed by atoms with E-state index in [-0.39, 0.29) is 12.5 Å². The maximum atomic E-state index is 12.4. The topological polar surface area (TPSA) is 105 Å². The number of rotatable bonds is 4. The van der Waals surface area contributed by atoms with Crippen molar-refractivity contribution >= 4 is 52.6 Å². The van der Waals surface area contributed by atoms with Crippen molar-refractivity contribution in [2.24, 2.45) is 0 Å². The van der Waals surface area contributed by atoms with Crippen LogP contribution in [0.5, 0.6) is 5.75 Å². The van der Waals surface area contributed by atoms with Crippen LogP contribution in [-0.4, -0.2) is 34.9 Å². The fourth-order valence-electron chi connectivity index (χ4n) is 3.72. The number of amides is 1. The highest BCUT2D eigenvalue weighted by atomic mass is 35.5. The van der Waals surface area contributed by atoms with Crippen molar-refractivity contribution in [1.82, 2.24) is 9.97 Å². The molecule has 5 rings (SSSR count). The molecular formula is C28H23ClF3N5O3. The first-order chi connectivity index (χ1) is 19.2. The van der Waals surface area contributed by atoms with Crippen LogP contribution in [0.4, 0.5) is 42.0 Å². The summed E-state index contributed by atoms with van der Waals surface area (Å²) in [6.45, 7) is -0.0881. The van der Waals surface area contributed by atoms with Crippen LogP contribution in [0.3, 0.4) is 0 Å². The fraction of sp³-hybridized carbons (Fsp3) is 0.143. The zero-order valence-corrected chi connectivity index (χ0v) is 21.6. The Hall–Kier alpha value is -4.64. The molecule has 12 heteroatoms. The van der Waals surface area contributed by atoms with Gasteiger partial charge in [0, 0.05) is 17.1 Å². The Morgan fingerprint density at radius 2 is 1.75 bits per heavy atom. The Morgan fingerprint density at radius 1 is 1.00 bits per heavy atom. The first kappa shape index (κ1) is 28.4. The third-order valence-electron chi connectivity index (χ3n) is 5.48. The molecule has 0 fully saturated rings. The molecule has 0 saturated carbocycles. The monoisotopic (exact) mass is 569 g/mol. The molecule has 0 unspecified atom stereocenters. The van der Waals surface area contributed by atoms with Gasteiger partial charge in [-0.15, -0.1) is 0 Å². The molecule has 40 heavy (non-hydrogen) atoms. The molecular weight excluding hydrogens is 547 g/mol. The number of fused-ring (bicyclic) bond motifs is 6. The van der Waals surface area contributed by atoms with E-state index in [1.807, 2.05) is 60.7 Å². The van der Waals surface area contributed by atoms with E-state index >= 15 is 0 Å². The molecule has 0 spiro atoms. The number of aldehydes is 1. The molecule has 0 atom stereocenters. The van der Waals surface area contributed by atoms with E-state index in [2.05, 4.69) is 38.1 Å². The molecule has 3 aromatic carbocycles. The minimum Gasteiger partial charge on any atom is -0.483 e. The van der Waals surface area contributed by atoms with Crippen molar-refractivity contribution in [2.75, 3.05) is 22.6 Å². The molecule has 3 N–H and O–H groups in total. The number of hydrogen-bond acceptors (Lipinski definition) is 7. The first-order valence-corrected chi connectivity index (χ1v) is 12.4. The smallest absolute Gasteiger partial charge is 0.446 e. The Balaban J connectivity index is 0.000000557. The molecule has 1 aliphatic rings. The number of carbonyl (C=O) groups is 2. The number of carbonyl (C=O) groups excluding carboxylic acids is 2. The van der Waals surface area contributed by atoms with Gasteiger partial charge in [0.2, 0.25) is 12.2 Å². The number of nitrogens with one attached hydrogen (secondary N) is 3. The highest BCUT2D eigenvalue weighted by Gasteiger charge is 2.25. The van der Waals surface area contributed by atoms with E-state index in [1.54, 1.807) is 6.20 Å². The number of aryl methyl sites for hydroxylation is 2. The second kappa shape index (κ2) is 12.9. The SMILES string of the molecule is O=C(COc1ccc2cc1CCc1cccc(c1)Nc1ncc(Cl)c(n1)N2)Nc1ccccc1.O=CC(F)(F)F. The van der Waals surface area contributed by atoms with Gasteiger partial charge in [0.1, 0.15) is 10.8 Å². The van der Waals surface area contributed by atoms with Crippen molar-refractivity contribution < 1.29 is 27.5 Å². The number of ether oxygens (including phenoxy) is 1. The van der Waals surface area contributed by atoms with Gasteiger partial charge in [-0.05, 0) is 66.4 Å². The predicted octanol–water partition coefficient (Wildman–Crippen LogP) is 6.48. The second-order valence-corrected chi connectivity index (χ2v) is 8.93. The van der Waals surface area contributed by atoms with E-state index in [0.29, 0.717) is 22.5 Å². The van der Waals surface area contributed by atoms with Gasteiger partial charge < -0.3 is 20.7 Å². The lowest BCUT2D eigenvalue weighted by molar-refractivity contribution is -0.156. The lowest BCUT2D eigenvalue weighted by Gasteiger charge is -2.15. The summed E-state index contributed by atoms with van der Waals surface area (Å²) in [7, 11) is 0. The van der Waals surface area contributed by atoms with Crippen LogP contribution in [0.25, 0.3) is 0 Å². The van der Waals surface area contributed by atoms with Crippen LogP contribution in [0.1, 0.15) is 11.1 Å². The van der Waals surface area contributed by atoms with E-state index < -0.39 is 12.5 Å². The minimum absolute atomic E-state index is 0.0881. The summed E-state index contributed by atoms with van der Waals surface area (Å²) in [5, 5.41) is 9.75. The summed E-state index contributed by atoms with van der Waals surface area (Å²) in [4.78, 5) is 29.9. The largest absolute Gasteiger partial charge is 0.483 e. The molecule has 0 aliphatic carbocycles. The maximum Gasteiger partial charge on any atom is 0.446 e. The van der Waals surface area contributed by atoms with Crippen LogP contribution in [-0.2, 0) is 22.4 Å². The summed E-state index contributed by atoms with van der Waals surface area (Å²) in [6, 6.07) is 23.2. The van der Waals surface area contributed by atoms with Gasteiger partial charge >= 0.3 is 6.18 Å². The molecule has 8 nitrogen and oxygen atoms in total. The highest BCUT2D eigenvalue weighted by molar-refractivity contribution is 6.32. The normalized spacial score (nSPS) is 12.0. The van der Waals surface area contributed by atoms with Gasteiger partial charge in [-0.2, -0.15) is 18.2 Å². The van der Waals surface area contributed by atoms with Crippen molar-refractivity contribution in [3.8, 4) is 5.75 Å². The summed E-state index contributed by atoms with van der Waals surface area (Å²) in [5.41, 5.74) is 4.57. The maximum absolute atomic E-state index is 12.4. The minimum atomic E-state index is -4.64. The average Bonchev–Trinajstić information content (AvgIpc) is 2.94.